The van der Waals surface area contributed by atoms with Gasteiger partial charge in [-0.05, 0) is 44.4 Å². The third-order valence-corrected chi connectivity index (χ3v) is 4.45. The molecule has 2 rings (SSSR count). The van der Waals surface area contributed by atoms with E-state index < -0.39 is 23.7 Å². The summed E-state index contributed by atoms with van der Waals surface area (Å²) in [4.78, 5) is 28.9. The topological polar surface area (TPSA) is 101 Å². The first-order chi connectivity index (χ1) is 13.1. The van der Waals surface area contributed by atoms with Crippen molar-refractivity contribution in [2.75, 3.05) is 6.61 Å². The lowest BCUT2D eigenvalue weighted by molar-refractivity contribution is -0.147. The smallest absolute Gasteiger partial charge is 0.408 e. The summed E-state index contributed by atoms with van der Waals surface area (Å²) < 4.78 is 11.4. The summed E-state index contributed by atoms with van der Waals surface area (Å²) in [6.45, 7) is 9.41. The van der Waals surface area contributed by atoms with E-state index in [4.69, 9.17) is 14.7 Å². The van der Waals surface area contributed by atoms with E-state index in [0.717, 1.165) is 15.8 Å². The Morgan fingerprint density at radius 2 is 2.04 bits per heavy atom. The van der Waals surface area contributed by atoms with Gasteiger partial charge in [-0.3, -0.25) is 0 Å². The molecule has 1 atom stereocenters. The summed E-state index contributed by atoms with van der Waals surface area (Å²) >= 11 is 1.28. The number of hydrogen-bond acceptors (Lipinski definition) is 7. The van der Waals surface area contributed by atoms with E-state index in [1.807, 2.05) is 32.0 Å². The van der Waals surface area contributed by atoms with E-state index in [0.29, 0.717) is 5.01 Å². The maximum Gasteiger partial charge on any atom is 0.408 e. The summed E-state index contributed by atoms with van der Waals surface area (Å²) in [6, 6.07) is 6.64. The van der Waals surface area contributed by atoms with Gasteiger partial charge in [0.15, 0.2) is 5.01 Å². The molecule has 0 saturated carbocycles. The minimum absolute atomic E-state index is 0.184. The number of carbonyl (C=O) groups excluding carboxylic acids is 2. The number of ether oxygens (including phenoxy) is 2. The van der Waals surface area contributed by atoms with Crippen LogP contribution in [0.3, 0.4) is 0 Å². The normalized spacial score (nSPS) is 12.5. The largest absolute Gasteiger partial charge is 0.464 e. The Labute approximate surface area is 168 Å². The lowest BCUT2D eigenvalue weighted by Gasteiger charge is -2.23. The second-order valence-corrected chi connectivity index (χ2v) is 8.89. The second-order valence-electron chi connectivity index (χ2n) is 7.86. The Morgan fingerprint density at radius 3 is 2.64 bits per heavy atom. The van der Waals surface area contributed by atoms with E-state index >= 15 is 0 Å². The number of fused-ring (bicyclic) bond motifs is 1. The van der Waals surface area contributed by atoms with Gasteiger partial charge in [-0.25, -0.2) is 14.6 Å². The minimum atomic E-state index is -0.880. The zero-order valence-corrected chi connectivity index (χ0v) is 17.6. The van der Waals surface area contributed by atoms with Crippen LogP contribution in [0.2, 0.25) is 0 Å². The summed E-state index contributed by atoms with van der Waals surface area (Å²) in [5.74, 6) is -0.328. The van der Waals surface area contributed by atoms with Gasteiger partial charge < -0.3 is 14.8 Å². The van der Waals surface area contributed by atoms with E-state index in [1.54, 1.807) is 26.8 Å². The Kier molecular flexibility index (Phi) is 6.97. The quantitative estimate of drug-likeness (QED) is 0.736. The molecule has 0 saturated heterocycles. The second kappa shape index (κ2) is 9.02. The highest BCUT2D eigenvalue weighted by molar-refractivity contribution is 7.19. The summed E-state index contributed by atoms with van der Waals surface area (Å²) in [7, 11) is 0. The predicted molar refractivity (Wildman–Crippen MR) is 107 cm³/mol. The lowest BCUT2D eigenvalue weighted by atomic mass is 10.1. The molecule has 150 valence electrons. The van der Waals surface area contributed by atoms with Crippen molar-refractivity contribution in [3.63, 3.8) is 0 Å². The molecule has 0 aliphatic heterocycles. The molecule has 0 aliphatic carbocycles. The number of thiazole rings is 1. The predicted octanol–water partition coefficient (Wildman–Crippen LogP) is 3.80. The maximum absolute atomic E-state index is 12.5. The van der Waals surface area contributed by atoms with Gasteiger partial charge in [0, 0.05) is 6.42 Å². The first-order valence-corrected chi connectivity index (χ1v) is 9.84. The number of nitrogens with one attached hydrogen (secondary N) is 1. The standard InChI is InChI=1S/C20H25N3O4S/c1-12(2)11-26-18(24)15(23-19(25)27-20(3,4)5)8-13-6-7-14-16(9-13)28-17(10-21)22-14/h6-7,9,12,15H,8,11H2,1-5H3,(H,23,25)/t15-/m0/s1. The van der Waals surface area contributed by atoms with Gasteiger partial charge in [0.2, 0.25) is 0 Å². The highest BCUT2D eigenvalue weighted by Gasteiger charge is 2.26. The molecule has 1 N–H and O–H groups in total. The van der Waals surface area contributed by atoms with Crippen LogP contribution < -0.4 is 5.32 Å². The lowest BCUT2D eigenvalue weighted by Crippen LogP contribution is -2.45. The average molecular weight is 404 g/mol. The van der Waals surface area contributed by atoms with Gasteiger partial charge in [0.25, 0.3) is 0 Å². The number of aromatic nitrogens is 1. The Morgan fingerprint density at radius 1 is 1.32 bits per heavy atom. The molecule has 1 aromatic heterocycles. The highest BCUT2D eigenvalue weighted by atomic mass is 32.1. The number of nitrogens with zero attached hydrogens (tertiary/aromatic N) is 2. The van der Waals surface area contributed by atoms with Crippen LogP contribution in [0.1, 0.15) is 45.2 Å². The molecule has 0 radical (unpaired) electrons. The van der Waals surface area contributed by atoms with Gasteiger partial charge in [-0.15, -0.1) is 11.3 Å². The van der Waals surface area contributed by atoms with E-state index in [-0.39, 0.29) is 18.9 Å². The summed E-state index contributed by atoms with van der Waals surface area (Å²) in [5, 5.41) is 12.0. The molecular formula is C20H25N3O4S. The first kappa shape index (κ1) is 21.6. The fourth-order valence-corrected chi connectivity index (χ4v) is 3.20. The van der Waals surface area contributed by atoms with Crippen LogP contribution in [0.25, 0.3) is 10.2 Å². The van der Waals surface area contributed by atoms with Crippen LogP contribution in [-0.4, -0.2) is 35.3 Å². The van der Waals surface area contributed by atoms with Crippen molar-refractivity contribution in [2.24, 2.45) is 5.92 Å². The van der Waals surface area contributed by atoms with Crippen molar-refractivity contribution in [3.8, 4) is 6.07 Å². The molecule has 0 aliphatic rings. The number of amides is 1. The number of hydrogen-bond donors (Lipinski definition) is 1. The van der Waals surface area contributed by atoms with Crippen molar-refractivity contribution in [3.05, 3.63) is 28.8 Å². The van der Waals surface area contributed by atoms with Crippen LogP contribution in [0, 0.1) is 17.2 Å². The van der Waals surface area contributed by atoms with E-state index in [9.17, 15) is 9.59 Å². The molecule has 28 heavy (non-hydrogen) atoms. The molecule has 2 aromatic rings. The first-order valence-electron chi connectivity index (χ1n) is 9.03. The van der Waals surface area contributed by atoms with Gasteiger partial charge in [-0.2, -0.15) is 5.26 Å². The van der Waals surface area contributed by atoms with Crippen LogP contribution in [0.15, 0.2) is 18.2 Å². The third kappa shape index (κ3) is 6.50. The minimum Gasteiger partial charge on any atom is -0.464 e. The van der Waals surface area contributed by atoms with E-state index in [1.165, 1.54) is 11.3 Å². The van der Waals surface area contributed by atoms with E-state index in [2.05, 4.69) is 10.3 Å². The van der Waals surface area contributed by atoms with Crippen LogP contribution in [0.4, 0.5) is 4.79 Å². The van der Waals surface area contributed by atoms with Crippen LogP contribution in [-0.2, 0) is 20.7 Å². The number of rotatable bonds is 6. The van der Waals surface area contributed by atoms with Gasteiger partial charge in [-0.1, -0.05) is 19.9 Å². The number of benzene rings is 1. The van der Waals surface area contributed by atoms with Gasteiger partial charge in [0.05, 0.1) is 16.8 Å². The van der Waals surface area contributed by atoms with Crippen molar-refractivity contribution in [1.82, 2.24) is 10.3 Å². The fraction of sp³-hybridized carbons (Fsp3) is 0.500. The number of alkyl carbamates (subject to hydrolysis) is 1. The molecule has 7 nitrogen and oxygen atoms in total. The summed E-state index contributed by atoms with van der Waals surface area (Å²) in [5.41, 5.74) is 0.874. The van der Waals surface area contributed by atoms with Gasteiger partial charge >= 0.3 is 12.1 Å². The highest BCUT2D eigenvalue weighted by Crippen LogP contribution is 2.23. The molecule has 1 heterocycles. The van der Waals surface area contributed by atoms with Crippen molar-refractivity contribution in [2.45, 2.75) is 52.7 Å². The van der Waals surface area contributed by atoms with Crippen molar-refractivity contribution >= 4 is 33.6 Å². The SMILES string of the molecule is CC(C)COC(=O)[C@H](Cc1ccc2nc(C#N)sc2c1)NC(=O)OC(C)(C)C. The molecule has 1 aromatic carbocycles. The zero-order valence-electron chi connectivity index (χ0n) is 16.7. The Hall–Kier alpha value is -2.66. The molecule has 1 amide bonds. The molecule has 0 unspecified atom stereocenters. The Bertz CT molecular complexity index is 893. The average Bonchev–Trinajstić information content (AvgIpc) is 2.99. The summed E-state index contributed by atoms with van der Waals surface area (Å²) in [6.07, 6.45) is -0.434. The molecule has 8 heteroatoms. The third-order valence-electron chi connectivity index (χ3n) is 3.52. The molecular weight excluding hydrogens is 378 g/mol. The molecule has 0 spiro atoms. The van der Waals surface area contributed by atoms with Crippen molar-refractivity contribution in [1.29, 1.82) is 5.26 Å². The monoisotopic (exact) mass is 403 g/mol. The number of esters is 1. The van der Waals surface area contributed by atoms with Crippen LogP contribution >= 0.6 is 11.3 Å². The van der Waals surface area contributed by atoms with Crippen molar-refractivity contribution < 1.29 is 19.1 Å². The zero-order chi connectivity index (χ0) is 20.9. The Balaban J connectivity index is 2.18. The van der Waals surface area contributed by atoms with Gasteiger partial charge in [0.1, 0.15) is 17.7 Å². The number of carbonyl (C=O) groups is 2. The fourth-order valence-electron chi connectivity index (χ4n) is 2.37. The molecule has 0 bridgehead atoms. The molecule has 0 fully saturated rings. The maximum atomic E-state index is 12.5. The van der Waals surface area contributed by atoms with Crippen LogP contribution in [0.5, 0.6) is 0 Å². The number of nitriles is 1.